The smallest absolute Gasteiger partial charge is 0.287 e. The summed E-state index contributed by atoms with van der Waals surface area (Å²) in [4.78, 5) is 46.7. The molecule has 0 atom stereocenters. The molecule has 3 aromatic rings. The Morgan fingerprint density at radius 2 is 1.66 bits per heavy atom. The Labute approximate surface area is 202 Å². The first-order valence-corrected chi connectivity index (χ1v) is 11.6. The Hall–Kier alpha value is -4.08. The maximum absolute atomic E-state index is 12.4. The number of para-hydroxylation sites is 2. The lowest BCUT2D eigenvalue weighted by Gasteiger charge is -2.29. The van der Waals surface area contributed by atoms with E-state index in [0.717, 1.165) is 29.6 Å². The average Bonchev–Trinajstić information content (AvgIpc) is 2.84. The number of ketones is 1. The van der Waals surface area contributed by atoms with Gasteiger partial charge in [-0.15, -0.1) is 0 Å². The van der Waals surface area contributed by atoms with Crippen molar-refractivity contribution in [3.05, 3.63) is 64.2 Å². The van der Waals surface area contributed by atoms with Gasteiger partial charge in [-0.3, -0.25) is 19.7 Å². The van der Waals surface area contributed by atoms with Gasteiger partial charge in [-0.1, -0.05) is 30.3 Å². The highest BCUT2D eigenvalue weighted by atomic mass is 16.6. The minimum absolute atomic E-state index is 0.120. The van der Waals surface area contributed by atoms with Gasteiger partial charge in [0.15, 0.2) is 0 Å². The SMILES string of the molecule is CN(C)c1nc(NC2CCC(NC(=O)C(=O)Cc3ccccc3[N+](=O)[O-])CC2)nc2ccccc12. The third kappa shape index (κ3) is 5.71. The molecule has 182 valence electrons. The molecular formula is C25H28N6O4. The van der Waals surface area contributed by atoms with E-state index in [1.54, 1.807) is 6.07 Å². The van der Waals surface area contributed by atoms with Gasteiger partial charge in [0.25, 0.3) is 11.6 Å². The van der Waals surface area contributed by atoms with Crippen molar-refractivity contribution < 1.29 is 14.5 Å². The number of amides is 1. The van der Waals surface area contributed by atoms with Crippen LogP contribution in [0.2, 0.25) is 0 Å². The molecule has 4 rings (SSSR count). The zero-order valence-electron chi connectivity index (χ0n) is 19.7. The quantitative estimate of drug-likeness (QED) is 0.288. The van der Waals surface area contributed by atoms with Crippen LogP contribution in [0.3, 0.4) is 0 Å². The molecule has 1 fully saturated rings. The largest absolute Gasteiger partial charge is 0.362 e. The predicted molar refractivity (Wildman–Crippen MR) is 133 cm³/mol. The Balaban J connectivity index is 1.32. The van der Waals surface area contributed by atoms with E-state index in [1.807, 2.05) is 43.3 Å². The molecule has 10 heteroatoms. The Kier molecular flexibility index (Phi) is 7.19. The molecule has 1 aliphatic carbocycles. The highest BCUT2D eigenvalue weighted by Gasteiger charge is 2.26. The Bertz CT molecular complexity index is 1250. The second-order valence-corrected chi connectivity index (χ2v) is 8.93. The highest BCUT2D eigenvalue weighted by molar-refractivity contribution is 6.36. The lowest BCUT2D eigenvalue weighted by atomic mass is 9.91. The normalized spacial score (nSPS) is 17.5. The molecule has 0 bridgehead atoms. The van der Waals surface area contributed by atoms with Gasteiger partial charge in [0.2, 0.25) is 11.7 Å². The predicted octanol–water partition coefficient (Wildman–Crippen LogP) is 3.26. The summed E-state index contributed by atoms with van der Waals surface area (Å²) in [6, 6.07) is 13.9. The molecule has 1 aliphatic rings. The van der Waals surface area contributed by atoms with Crippen LogP contribution in [0.1, 0.15) is 31.2 Å². The number of fused-ring (bicyclic) bond motifs is 1. The van der Waals surface area contributed by atoms with Crippen molar-refractivity contribution in [2.45, 2.75) is 44.2 Å². The number of hydrogen-bond acceptors (Lipinski definition) is 8. The van der Waals surface area contributed by atoms with Gasteiger partial charge in [0.05, 0.1) is 10.4 Å². The highest BCUT2D eigenvalue weighted by Crippen LogP contribution is 2.26. The van der Waals surface area contributed by atoms with Crippen LogP contribution in [-0.2, 0) is 16.0 Å². The summed E-state index contributed by atoms with van der Waals surface area (Å²) in [6.45, 7) is 0. The minimum Gasteiger partial charge on any atom is -0.362 e. The number of rotatable bonds is 8. The maximum atomic E-state index is 12.4. The second kappa shape index (κ2) is 10.5. The number of nitro benzene ring substituents is 1. The van der Waals surface area contributed by atoms with Crippen LogP contribution in [0.15, 0.2) is 48.5 Å². The first-order chi connectivity index (χ1) is 16.8. The first kappa shape index (κ1) is 24.1. The Morgan fingerprint density at radius 3 is 2.37 bits per heavy atom. The zero-order chi connectivity index (χ0) is 24.9. The summed E-state index contributed by atoms with van der Waals surface area (Å²) >= 11 is 0. The lowest BCUT2D eigenvalue weighted by molar-refractivity contribution is -0.385. The van der Waals surface area contributed by atoms with E-state index in [4.69, 9.17) is 0 Å². The molecule has 1 saturated carbocycles. The molecule has 0 aliphatic heterocycles. The van der Waals surface area contributed by atoms with Crippen molar-refractivity contribution in [1.29, 1.82) is 0 Å². The average molecular weight is 477 g/mol. The molecule has 2 aromatic carbocycles. The van der Waals surface area contributed by atoms with Crippen LogP contribution in [0.4, 0.5) is 17.5 Å². The van der Waals surface area contributed by atoms with E-state index >= 15 is 0 Å². The summed E-state index contributed by atoms with van der Waals surface area (Å²) in [6.07, 6.45) is 2.69. The van der Waals surface area contributed by atoms with Gasteiger partial charge in [0, 0.05) is 49.6 Å². The fourth-order valence-corrected chi connectivity index (χ4v) is 4.39. The number of hydrogen-bond donors (Lipinski definition) is 2. The van der Waals surface area contributed by atoms with Crippen LogP contribution in [0, 0.1) is 10.1 Å². The number of aromatic nitrogens is 2. The number of nitrogens with zero attached hydrogens (tertiary/aromatic N) is 4. The summed E-state index contributed by atoms with van der Waals surface area (Å²) in [5.41, 5.74) is 0.943. The zero-order valence-corrected chi connectivity index (χ0v) is 19.7. The number of carbonyl (C=O) groups is 2. The Morgan fingerprint density at radius 1 is 1.00 bits per heavy atom. The summed E-state index contributed by atoms with van der Waals surface area (Å²) < 4.78 is 0. The molecule has 1 heterocycles. The standard InChI is InChI=1S/C25H28N6O4/c1-30(2)23-19-8-4-5-9-20(19)28-25(29-23)27-18-13-11-17(12-14-18)26-24(33)22(32)15-16-7-3-6-10-21(16)31(34)35/h3-10,17-18H,11-15H2,1-2H3,(H,26,33)(H,27,28,29). The number of anilines is 2. The molecule has 35 heavy (non-hydrogen) atoms. The molecule has 1 aromatic heterocycles. The monoisotopic (exact) mass is 476 g/mol. The van der Waals surface area contributed by atoms with Crippen LogP contribution >= 0.6 is 0 Å². The van der Waals surface area contributed by atoms with Crippen LogP contribution in [0.5, 0.6) is 0 Å². The summed E-state index contributed by atoms with van der Waals surface area (Å²) in [5, 5.41) is 18.3. The first-order valence-electron chi connectivity index (χ1n) is 11.6. The third-order valence-corrected chi connectivity index (χ3v) is 6.19. The molecule has 10 nitrogen and oxygen atoms in total. The molecule has 0 saturated heterocycles. The molecule has 0 unspecified atom stereocenters. The number of nitro groups is 1. The molecular weight excluding hydrogens is 448 g/mol. The van der Waals surface area contributed by atoms with Crippen molar-refractivity contribution in [3.63, 3.8) is 0 Å². The summed E-state index contributed by atoms with van der Waals surface area (Å²) in [7, 11) is 3.90. The van der Waals surface area contributed by atoms with Crippen molar-refractivity contribution in [2.24, 2.45) is 0 Å². The minimum atomic E-state index is -0.701. The fourth-order valence-electron chi connectivity index (χ4n) is 4.39. The van der Waals surface area contributed by atoms with Gasteiger partial charge in [-0.05, 0) is 37.8 Å². The topological polar surface area (TPSA) is 130 Å². The summed E-state index contributed by atoms with van der Waals surface area (Å²) in [5.74, 6) is 0.0316. The maximum Gasteiger partial charge on any atom is 0.287 e. The van der Waals surface area contributed by atoms with Gasteiger partial charge in [-0.2, -0.15) is 4.98 Å². The molecule has 1 amide bonds. The number of carbonyl (C=O) groups excluding carboxylic acids is 2. The molecule has 2 N–H and O–H groups in total. The van der Waals surface area contributed by atoms with Crippen LogP contribution in [0.25, 0.3) is 10.9 Å². The van der Waals surface area contributed by atoms with Crippen LogP contribution in [-0.4, -0.2) is 52.8 Å². The van der Waals surface area contributed by atoms with E-state index in [9.17, 15) is 19.7 Å². The van der Waals surface area contributed by atoms with E-state index in [-0.39, 0.29) is 29.8 Å². The number of nitrogens with one attached hydrogen (secondary N) is 2. The van der Waals surface area contributed by atoms with Crippen LogP contribution < -0.4 is 15.5 Å². The lowest BCUT2D eigenvalue weighted by Crippen LogP contribution is -2.43. The molecule has 0 radical (unpaired) electrons. The van der Waals surface area contributed by atoms with Crippen molar-refractivity contribution in [1.82, 2.24) is 15.3 Å². The van der Waals surface area contributed by atoms with E-state index in [0.29, 0.717) is 18.8 Å². The van der Waals surface area contributed by atoms with E-state index < -0.39 is 16.6 Å². The van der Waals surface area contributed by atoms with E-state index in [1.165, 1.54) is 18.2 Å². The van der Waals surface area contributed by atoms with Crippen molar-refractivity contribution in [2.75, 3.05) is 24.3 Å². The van der Waals surface area contributed by atoms with Gasteiger partial charge in [-0.25, -0.2) is 4.98 Å². The van der Waals surface area contributed by atoms with Gasteiger partial charge in [0.1, 0.15) is 5.82 Å². The number of Topliss-reactive ketones (excluding diaryl/α,β-unsaturated/α-hetero) is 1. The van der Waals surface area contributed by atoms with Crippen molar-refractivity contribution >= 4 is 40.0 Å². The van der Waals surface area contributed by atoms with Crippen molar-refractivity contribution in [3.8, 4) is 0 Å². The van der Waals surface area contributed by atoms with Gasteiger partial charge < -0.3 is 15.5 Å². The second-order valence-electron chi connectivity index (χ2n) is 8.93. The fraction of sp³-hybridized carbons (Fsp3) is 0.360. The molecule has 0 spiro atoms. The number of benzene rings is 2. The van der Waals surface area contributed by atoms with Gasteiger partial charge >= 0.3 is 0 Å². The third-order valence-electron chi connectivity index (χ3n) is 6.19. The van der Waals surface area contributed by atoms with E-state index in [2.05, 4.69) is 20.6 Å².